The van der Waals surface area contributed by atoms with Crippen LogP contribution in [0.15, 0.2) is 12.1 Å². The first-order valence-corrected chi connectivity index (χ1v) is 6.94. The van der Waals surface area contributed by atoms with E-state index in [0.29, 0.717) is 6.04 Å². The normalized spacial score (nSPS) is 25.2. The molecule has 2 aliphatic heterocycles. The Hall–Kier alpha value is -1.26. The topological polar surface area (TPSA) is 39.7 Å². The van der Waals surface area contributed by atoms with Crippen molar-refractivity contribution in [2.45, 2.75) is 38.5 Å². The van der Waals surface area contributed by atoms with Gasteiger partial charge in [-0.1, -0.05) is 0 Å². The summed E-state index contributed by atoms with van der Waals surface area (Å²) in [6.07, 6.45) is 2.32. The Labute approximate surface area is 114 Å². The first kappa shape index (κ1) is 12.8. The molecule has 2 heterocycles. The largest absolute Gasteiger partial charge is 0.496 e. The van der Waals surface area contributed by atoms with Crippen LogP contribution in [0.4, 0.5) is 0 Å². The van der Waals surface area contributed by atoms with Crippen molar-refractivity contribution >= 4 is 0 Å². The van der Waals surface area contributed by atoms with Crippen LogP contribution in [-0.4, -0.2) is 32.5 Å². The van der Waals surface area contributed by atoms with Crippen LogP contribution in [0.1, 0.15) is 24.5 Å². The maximum Gasteiger partial charge on any atom is 0.123 e. The third-order valence-electron chi connectivity index (χ3n) is 3.81. The second-order valence-electron chi connectivity index (χ2n) is 5.35. The molecule has 0 aromatic heterocycles. The molecule has 2 aliphatic rings. The molecular weight excluding hydrogens is 242 g/mol. The molecule has 1 aromatic rings. The van der Waals surface area contributed by atoms with Crippen LogP contribution in [0.3, 0.4) is 0 Å². The van der Waals surface area contributed by atoms with Gasteiger partial charge in [0.05, 0.1) is 13.7 Å². The van der Waals surface area contributed by atoms with Crippen LogP contribution in [-0.2, 0) is 17.7 Å². The summed E-state index contributed by atoms with van der Waals surface area (Å²) in [5, 5.41) is 3.51. The fraction of sp³-hybridized carbons (Fsp3) is 0.600. The molecule has 4 heteroatoms. The summed E-state index contributed by atoms with van der Waals surface area (Å²) in [5.41, 5.74) is 2.40. The van der Waals surface area contributed by atoms with Gasteiger partial charge >= 0.3 is 0 Å². The van der Waals surface area contributed by atoms with Gasteiger partial charge in [-0.05, 0) is 25.5 Å². The lowest BCUT2D eigenvalue weighted by Crippen LogP contribution is -2.28. The minimum Gasteiger partial charge on any atom is -0.496 e. The Morgan fingerprint density at radius 2 is 2.32 bits per heavy atom. The number of rotatable bonds is 4. The minimum atomic E-state index is 0.270. The van der Waals surface area contributed by atoms with Gasteiger partial charge in [-0.2, -0.15) is 0 Å². The van der Waals surface area contributed by atoms with Crippen molar-refractivity contribution in [1.29, 1.82) is 0 Å². The van der Waals surface area contributed by atoms with Crippen molar-refractivity contribution in [2.75, 3.05) is 20.3 Å². The lowest BCUT2D eigenvalue weighted by molar-refractivity contribution is 0.189. The van der Waals surface area contributed by atoms with Crippen molar-refractivity contribution in [3.8, 4) is 11.5 Å². The van der Waals surface area contributed by atoms with E-state index in [9.17, 15) is 0 Å². The number of nitrogens with one attached hydrogen (secondary N) is 1. The van der Waals surface area contributed by atoms with Gasteiger partial charge in [0.1, 0.15) is 17.6 Å². The zero-order valence-corrected chi connectivity index (χ0v) is 11.6. The molecule has 0 aliphatic carbocycles. The molecule has 1 N–H and O–H groups in total. The van der Waals surface area contributed by atoms with Gasteiger partial charge in [-0.25, -0.2) is 0 Å². The SMILES string of the molecule is COc1cc2c(cc1CNC1CCOC1)OC(C)C2. The molecule has 0 amide bonds. The molecule has 1 fully saturated rings. The van der Waals surface area contributed by atoms with E-state index >= 15 is 0 Å². The predicted octanol–water partition coefficient (Wildman–Crippen LogP) is 1.90. The first-order valence-electron chi connectivity index (χ1n) is 6.94. The van der Waals surface area contributed by atoms with Crippen LogP contribution in [0, 0.1) is 0 Å². The fourth-order valence-corrected chi connectivity index (χ4v) is 2.76. The Morgan fingerprint density at radius 1 is 1.42 bits per heavy atom. The highest BCUT2D eigenvalue weighted by Gasteiger charge is 2.22. The molecule has 0 radical (unpaired) electrons. The zero-order valence-electron chi connectivity index (χ0n) is 11.6. The molecule has 0 bridgehead atoms. The third kappa shape index (κ3) is 2.69. The van der Waals surface area contributed by atoms with Crippen LogP contribution >= 0.6 is 0 Å². The van der Waals surface area contributed by atoms with Gasteiger partial charge in [0.25, 0.3) is 0 Å². The summed E-state index contributed by atoms with van der Waals surface area (Å²) in [5.74, 6) is 1.95. The van der Waals surface area contributed by atoms with Crippen molar-refractivity contribution in [2.24, 2.45) is 0 Å². The molecule has 104 valence electrons. The van der Waals surface area contributed by atoms with Crippen LogP contribution < -0.4 is 14.8 Å². The molecule has 19 heavy (non-hydrogen) atoms. The maximum absolute atomic E-state index is 5.81. The zero-order chi connectivity index (χ0) is 13.2. The Balaban J connectivity index is 1.74. The smallest absolute Gasteiger partial charge is 0.123 e. The van der Waals surface area contributed by atoms with E-state index in [1.165, 1.54) is 5.56 Å². The third-order valence-corrected chi connectivity index (χ3v) is 3.81. The average Bonchev–Trinajstić information content (AvgIpc) is 3.02. The highest BCUT2D eigenvalue weighted by atomic mass is 16.5. The molecule has 0 saturated carbocycles. The molecule has 2 unspecified atom stereocenters. The van der Waals surface area contributed by atoms with Crippen molar-refractivity contribution < 1.29 is 14.2 Å². The Kier molecular flexibility index (Phi) is 3.62. The Morgan fingerprint density at radius 3 is 3.05 bits per heavy atom. The fourth-order valence-electron chi connectivity index (χ4n) is 2.76. The Bertz CT molecular complexity index is 455. The second-order valence-corrected chi connectivity index (χ2v) is 5.35. The first-order chi connectivity index (χ1) is 9.26. The van der Waals surface area contributed by atoms with Gasteiger partial charge in [-0.3, -0.25) is 0 Å². The average molecular weight is 263 g/mol. The van der Waals surface area contributed by atoms with Crippen molar-refractivity contribution in [3.63, 3.8) is 0 Å². The molecule has 1 aromatic carbocycles. The number of methoxy groups -OCH3 is 1. The van der Waals surface area contributed by atoms with Crippen molar-refractivity contribution in [3.05, 3.63) is 23.3 Å². The number of fused-ring (bicyclic) bond motifs is 1. The number of hydrogen-bond acceptors (Lipinski definition) is 4. The molecule has 3 rings (SSSR count). The molecule has 4 nitrogen and oxygen atoms in total. The van der Waals surface area contributed by atoms with Gasteiger partial charge in [0.15, 0.2) is 0 Å². The van der Waals surface area contributed by atoms with Gasteiger partial charge in [-0.15, -0.1) is 0 Å². The summed E-state index contributed by atoms with van der Waals surface area (Å²) < 4.78 is 16.7. The molecule has 0 spiro atoms. The predicted molar refractivity (Wildman–Crippen MR) is 72.9 cm³/mol. The monoisotopic (exact) mass is 263 g/mol. The quantitative estimate of drug-likeness (QED) is 0.900. The summed E-state index contributed by atoms with van der Waals surface area (Å²) in [7, 11) is 1.73. The van der Waals surface area contributed by atoms with Gasteiger partial charge < -0.3 is 19.5 Å². The lowest BCUT2D eigenvalue weighted by atomic mass is 10.1. The summed E-state index contributed by atoms with van der Waals surface area (Å²) in [6.45, 7) is 4.56. The van der Waals surface area contributed by atoms with E-state index in [0.717, 1.165) is 49.7 Å². The van der Waals surface area contributed by atoms with Gasteiger partial charge in [0.2, 0.25) is 0 Å². The number of benzene rings is 1. The highest BCUT2D eigenvalue weighted by Crippen LogP contribution is 2.35. The van der Waals surface area contributed by atoms with E-state index in [4.69, 9.17) is 14.2 Å². The van der Waals surface area contributed by atoms with E-state index in [2.05, 4.69) is 24.4 Å². The minimum absolute atomic E-state index is 0.270. The summed E-state index contributed by atoms with van der Waals surface area (Å²) in [6, 6.07) is 4.68. The second kappa shape index (κ2) is 5.39. The van der Waals surface area contributed by atoms with Crippen LogP contribution in [0.5, 0.6) is 11.5 Å². The molecular formula is C15H21NO3. The number of ether oxygens (including phenoxy) is 3. The standard InChI is InChI=1S/C15H21NO3/c1-10-5-11-6-14(17-2)12(7-15(11)19-10)8-16-13-3-4-18-9-13/h6-7,10,13,16H,3-5,8-9H2,1-2H3. The summed E-state index contributed by atoms with van der Waals surface area (Å²) in [4.78, 5) is 0. The maximum atomic E-state index is 5.81. The number of hydrogen-bond donors (Lipinski definition) is 1. The van der Waals surface area contributed by atoms with Gasteiger partial charge in [0, 0.05) is 36.7 Å². The van der Waals surface area contributed by atoms with Crippen LogP contribution in [0.2, 0.25) is 0 Å². The molecule has 2 atom stereocenters. The van der Waals surface area contributed by atoms with E-state index in [1.54, 1.807) is 7.11 Å². The van der Waals surface area contributed by atoms with E-state index in [1.807, 2.05) is 0 Å². The van der Waals surface area contributed by atoms with Crippen LogP contribution in [0.25, 0.3) is 0 Å². The van der Waals surface area contributed by atoms with Crippen molar-refractivity contribution in [1.82, 2.24) is 5.32 Å². The van der Waals surface area contributed by atoms with E-state index < -0.39 is 0 Å². The summed E-state index contributed by atoms with van der Waals surface area (Å²) >= 11 is 0. The van der Waals surface area contributed by atoms with E-state index in [-0.39, 0.29) is 6.10 Å². The lowest BCUT2D eigenvalue weighted by Gasteiger charge is -2.14. The highest BCUT2D eigenvalue weighted by molar-refractivity contribution is 5.48. The molecule has 1 saturated heterocycles.